The summed E-state index contributed by atoms with van der Waals surface area (Å²) in [7, 11) is 1.61. The smallest absolute Gasteiger partial charge is 0.159 e. The van der Waals surface area contributed by atoms with Gasteiger partial charge in [-0.3, -0.25) is 0 Å². The van der Waals surface area contributed by atoms with Gasteiger partial charge in [-0.1, -0.05) is 35.9 Å². The summed E-state index contributed by atoms with van der Waals surface area (Å²) in [5.41, 5.74) is 8.48. The molecule has 0 saturated heterocycles. The maximum Gasteiger partial charge on any atom is 0.159 e. The zero-order valence-corrected chi connectivity index (χ0v) is 14.4. The van der Waals surface area contributed by atoms with Crippen LogP contribution in [-0.4, -0.2) is 17.1 Å². The number of para-hydroxylation sites is 2. The molecule has 0 fully saturated rings. The summed E-state index contributed by atoms with van der Waals surface area (Å²) in [6, 6.07) is 15.1. The average molecular weight is 356 g/mol. The largest absolute Gasteiger partial charge is 0.495 e. The molecule has 7 heteroatoms. The molecule has 0 radical (unpaired) electrons. The number of nitrogens with zero attached hydrogens (tertiary/aromatic N) is 2. The molecule has 0 saturated carbocycles. The molecule has 0 unspecified atom stereocenters. The van der Waals surface area contributed by atoms with E-state index in [0.717, 1.165) is 11.3 Å². The summed E-state index contributed by atoms with van der Waals surface area (Å²) in [6.45, 7) is 0.576. The lowest BCUT2D eigenvalue weighted by molar-refractivity contribution is 0.417. The van der Waals surface area contributed by atoms with E-state index in [1.54, 1.807) is 7.11 Å². The van der Waals surface area contributed by atoms with Gasteiger partial charge >= 0.3 is 0 Å². The Morgan fingerprint density at radius 2 is 1.76 bits per heavy atom. The van der Waals surface area contributed by atoms with Crippen LogP contribution in [0.3, 0.4) is 0 Å². The van der Waals surface area contributed by atoms with E-state index >= 15 is 0 Å². The van der Waals surface area contributed by atoms with Gasteiger partial charge in [-0.2, -0.15) is 0 Å². The highest BCUT2D eigenvalue weighted by molar-refractivity contribution is 6.30. The minimum atomic E-state index is 0.433. The molecule has 6 nitrogen and oxygen atoms in total. The Morgan fingerprint density at radius 1 is 1.04 bits per heavy atom. The van der Waals surface area contributed by atoms with Gasteiger partial charge in [0.15, 0.2) is 11.6 Å². The second kappa shape index (κ2) is 7.72. The Bertz CT molecular complexity index is 854. The molecule has 0 spiro atoms. The number of halogens is 1. The third-order valence-corrected chi connectivity index (χ3v) is 3.87. The highest BCUT2D eigenvalue weighted by Crippen LogP contribution is 2.30. The predicted octanol–water partition coefficient (Wildman–Crippen LogP) is 4.08. The standard InChI is InChI=1S/C18H18ClN5O/c1-25-15-5-3-2-4-14(15)24-18-16(20)17(22-11-23-18)21-10-12-6-8-13(19)9-7-12/h2-9,11H,10,20H2,1H3,(H2,21,22,23,24). The summed E-state index contributed by atoms with van der Waals surface area (Å²) in [4.78, 5) is 8.43. The minimum Gasteiger partial charge on any atom is -0.495 e. The summed E-state index contributed by atoms with van der Waals surface area (Å²) in [6.07, 6.45) is 1.46. The lowest BCUT2D eigenvalue weighted by Crippen LogP contribution is -2.08. The van der Waals surface area contributed by atoms with Crippen LogP contribution in [-0.2, 0) is 6.54 Å². The number of anilines is 4. The molecule has 0 atom stereocenters. The third-order valence-electron chi connectivity index (χ3n) is 3.62. The molecule has 3 aromatic rings. The van der Waals surface area contributed by atoms with Crippen LogP contribution in [0.2, 0.25) is 5.02 Å². The van der Waals surface area contributed by atoms with Crippen LogP contribution in [0.1, 0.15) is 5.56 Å². The number of nitrogen functional groups attached to an aromatic ring is 1. The van der Waals surface area contributed by atoms with Gasteiger partial charge in [0.05, 0.1) is 12.8 Å². The van der Waals surface area contributed by atoms with Crippen molar-refractivity contribution in [3.63, 3.8) is 0 Å². The Morgan fingerprint density at radius 3 is 2.52 bits per heavy atom. The average Bonchev–Trinajstić information content (AvgIpc) is 2.64. The van der Waals surface area contributed by atoms with Crippen molar-refractivity contribution in [1.29, 1.82) is 0 Å². The van der Waals surface area contributed by atoms with Crippen molar-refractivity contribution >= 4 is 34.6 Å². The van der Waals surface area contributed by atoms with Crippen molar-refractivity contribution in [2.75, 3.05) is 23.5 Å². The van der Waals surface area contributed by atoms with Gasteiger partial charge in [-0.25, -0.2) is 9.97 Å². The van der Waals surface area contributed by atoms with Crippen LogP contribution in [0.15, 0.2) is 54.9 Å². The first-order chi connectivity index (χ1) is 12.2. The van der Waals surface area contributed by atoms with Gasteiger partial charge < -0.3 is 21.1 Å². The molecule has 0 aliphatic rings. The number of ether oxygens (including phenoxy) is 1. The summed E-state index contributed by atoms with van der Waals surface area (Å²) in [5, 5.41) is 7.09. The van der Waals surface area contributed by atoms with Crippen molar-refractivity contribution in [1.82, 2.24) is 9.97 Å². The fourth-order valence-corrected chi connectivity index (χ4v) is 2.43. The van der Waals surface area contributed by atoms with Gasteiger partial charge in [0.25, 0.3) is 0 Å². The Labute approximate surface area is 151 Å². The normalized spacial score (nSPS) is 10.3. The molecular formula is C18H18ClN5O. The molecule has 25 heavy (non-hydrogen) atoms. The second-order valence-corrected chi connectivity index (χ2v) is 5.73. The molecular weight excluding hydrogens is 338 g/mol. The van der Waals surface area contributed by atoms with Crippen molar-refractivity contribution < 1.29 is 4.74 Å². The van der Waals surface area contributed by atoms with Crippen LogP contribution in [0.25, 0.3) is 0 Å². The van der Waals surface area contributed by atoms with E-state index in [0.29, 0.717) is 34.6 Å². The zero-order valence-electron chi connectivity index (χ0n) is 13.7. The monoisotopic (exact) mass is 355 g/mol. The third kappa shape index (κ3) is 4.10. The van der Waals surface area contributed by atoms with Gasteiger partial charge in [0, 0.05) is 11.6 Å². The van der Waals surface area contributed by atoms with E-state index in [1.807, 2.05) is 48.5 Å². The lowest BCUT2D eigenvalue weighted by atomic mass is 10.2. The van der Waals surface area contributed by atoms with Crippen molar-refractivity contribution in [2.45, 2.75) is 6.54 Å². The lowest BCUT2D eigenvalue weighted by Gasteiger charge is -2.14. The molecule has 128 valence electrons. The van der Waals surface area contributed by atoms with Crippen LogP contribution in [0, 0.1) is 0 Å². The van der Waals surface area contributed by atoms with Crippen molar-refractivity contribution in [3.8, 4) is 5.75 Å². The minimum absolute atomic E-state index is 0.433. The first-order valence-electron chi connectivity index (χ1n) is 7.66. The van der Waals surface area contributed by atoms with E-state index in [2.05, 4.69) is 20.6 Å². The van der Waals surface area contributed by atoms with E-state index in [-0.39, 0.29) is 0 Å². The molecule has 0 aliphatic heterocycles. The SMILES string of the molecule is COc1ccccc1Nc1ncnc(NCc2ccc(Cl)cc2)c1N. The quantitative estimate of drug-likeness (QED) is 0.618. The highest BCUT2D eigenvalue weighted by atomic mass is 35.5. The van der Waals surface area contributed by atoms with Gasteiger partial charge in [-0.05, 0) is 29.8 Å². The Hall–Kier alpha value is -2.99. The molecule has 1 heterocycles. The van der Waals surface area contributed by atoms with E-state index in [1.165, 1.54) is 6.33 Å². The van der Waals surface area contributed by atoms with Crippen LogP contribution in [0.4, 0.5) is 23.0 Å². The molecule has 3 rings (SSSR count). The first-order valence-corrected chi connectivity index (χ1v) is 8.04. The molecule has 1 aromatic heterocycles. The Balaban J connectivity index is 1.76. The fraction of sp³-hybridized carbons (Fsp3) is 0.111. The number of hydrogen-bond donors (Lipinski definition) is 3. The van der Waals surface area contributed by atoms with Crippen molar-refractivity contribution in [3.05, 3.63) is 65.4 Å². The van der Waals surface area contributed by atoms with E-state index in [4.69, 9.17) is 22.1 Å². The number of benzene rings is 2. The number of methoxy groups -OCH3 is 1. The summed E-state index contributed by atoms with van der Waals surface area (Å²) < 4.78 is 5.33. The fourth-order valence-electron chi connectivity index (χ4n) is 2.30. The second-order valence-electron chi connectivity index (χ2n) is 5.29. The van der Waals surface area contributed by atoms with E-state index in [9.17, 15) is 0 Å². The van der Waals surface area contributed by atoms with E-state index < -0.39 is 0 Å². The maximum atomic E-state index is 6.20. The highest BCUT2D eigenvalue weighted by Gasteiger charge is 2.10. The summed E-state index contributed by atoms with van der Waals surface area (Å²) in [5.74, 6) is 1.77. The molecule has 0 amide bonds. The molecule has 4 N–H and O–H groups in total. The number of nitrogens with two attached hydrogens (primary N) is 1. The molecule has 2 aromatic carbocycles. The number of hydrogen-bond acceptors (Lipinski definition) is 6. The van der Waals surface area contributed by atoms with Gasteiger partial charge in [0.1, 0.15) is 17.8 Å². The number of aromatic nitrogens is 2. The van der Waals surface area contributed by atoms with Crippen molar-refractivity contribution in [2.24, 2.45) is 0 Å². The Kier molecular flexibility index (Phi) is 5.20. The maximum absolute atomic E-state index is 6.20. The molecule has 0 bridgehead atoms. The van der Waals surface area contributed by atoms with Crippen LogP contribution in [0.5, 0.6) is 5.75 Å². The first kappa shape index (κ1) is 16.9. The zero-order chi connectivity index (χ0) is 17.6. The topological polar surface area (TPSA) is 85.1 Å². The van der Waals surface area contributed by atoms with Crippen LogP contribution >= 0.6 is 11.6 Å². The molecule has 0 aliphatic carbocycles. The van der Waals surface area contributed by atoms with Gasteiger partial charge in [-0.15, -0.1) is 0 Å². The van der Waals surface area contributed by atoms with Crippen LogP contribution < -0.4 is 21.1 Å². The number of nitrogens with one attached hydrogen (secondary N) is 2. The van der Waals surface area contributed by atoms with Gasteiger partial charge in [0.2, 0.25) is 0 Å². The summed E-state index contributed by atoms with van der Waals surface area (Å²) >= 11 is 5.90. The number of rotatable bonds is 6. The predicted molar refractivity (Wildman–Crippen MR) is 101 cm³/mol.